The first-order valence-electron chi connectivity index (χ1n) is 8.79. The van der Waals surface area contributed by atoms with Gasteiger partial charge in [-0.25, -0.2) is 4.98 Å². The Kier molecular flexibility index (Phi) is 4.77. The number of H-pyrrole nitrogens is 2. The number of aromatic nitrogens is 7. The summed E-state index contributed by atoms with van der Waals surface area (Å²) in [6.45, 7) is 0.807. The van der Waals surface area contributed by atoms with Crippen LogP contribution in [-0.4, -0.2) is 64.1 Å². The number of imidazole rings is 1. The quantitative estimate of drug-likeness (QED) is 0.428. The summed E-state index contributed by atoms with van der Waals surface area (Å²) >= 11 is 0. The summed E-state index contributed by atoms with van der Waals surface area (Å²) in [5, 5.41) is 21.8. The average Bonchev–Trinajstić information content (AvgIpc) is 3.46. The lowest BCUT2D eigenvalue weighted by atomic mass is 9.92. The number of aryl methyl sites for hydroxylation is 1. The van der Waals surface area contributed by atoms with E-state index in [0.717, 1.165) is 22.5 Å². The lowest BCUT2D eigenvalue weighted by Crippen LogP contribution is -2.38. The normalized spacial score (nSPS) is 15.5. The Labute approximate surface area is 164 Å². The van der Waals surface area contributed by atoms with Crippen LogP contribution in [0.1, 0.15) is 33.2 Å². The van der Waals surface area contributed by atoms with Gasteiger partial charge in [-0.15, -0.1) is 0 Å². The number of aromatic amines is 2. The number of fused-ring (bicyclic) bond motifs is 2. The van der Waals surface area contributed by atoms with Gasteiger partial charge in [0.1, 0.15) is 11.0 Å². The molecule has 11 nitrogen and oxygen atoms in total. The fourth-order valence-electron chi connectivity index (χ4n) is 3.51. The Balaban J connectivity index is 0.000000645. The number of hydrogen-bond acceptors (Lipinski definition) is 6. The van der Waals surface area contributed by atoms with Gasteiger partial charge in [0, 0.05) is 36.8 Å². The highest BCUT2D eigenvalue weighted by Crippen LogP contribution is 2.32. The van der Waals surface area contributed by atoms with E-state index in [4.69, 9.17) is 9.90 Å². The van der Waals surface area contributed by atoms with E-state index in [1.165, 1.54) is 0 Å². The lowest BCUT2D eigenvalue weighted by molar-refractivity contribution is -0.122. The molecule has 1 atom stereocenters. The van der Waals surface area contributed by atoms with E-state index in [0.29, 0.717) is 24.2 Å². The fraction of sp³-hybridized carbons (Fsp3) is 0.222. The van der Waals surface area contributed by atoms with Gasteiger partial charge in [-0.1, -0.05) is 0 Å². The molecule has 0 saturated carbocycles. The first-order chi connectivity index (χ1) is 14.1. The molecule has 3 aromatic heterocycles. The van der Waals surface area contributed by atoms with Gasteiger partial charge in [-0.3, -0.25) is 14.3 Å². The first-order valence-corrected chi connectivity index (χ1v) is 8.79. The van der Waals surface area contributed by atoms with Gasteiger partial charge < -0.3 is 15.0 Å². The molecule has 1 unspecified atom stereocenters. The highest BCUT2D eigenvalue weighted by Gasteiger charge is 2.32. The van der Waals surface area contributed by atoms with Crippen molar-refractivity contribution in [3.8, 4) is 0 Å². The van der Waals surface area contributed by atoms with Crippen molar-refractivity contribution in [1.29, 1.82) is 0 Å². The number of amides is 1. The standard InChI is InChI=1S/C17H16N8O.CH2O2/c1-24-6-11(5-20-24)12-7-25(8-15-16(12)19-9-18-15)17(26)10-2-3-13-14(4-10)22-23-21-13;2-1-3/h2-6,9,12H,7-8H2,1H3,(H,18,19)(H,21,22,23);1H,(H,2,3). The average molecular weight is 394 g/mol. The number of nitrogens with zero attached hydrogens (tertiary/aromatic N) is 6. The molecule has 1 aromatic carbocycles. The van der Waals surface area contributed by atoms with Gasteiger partial charge in [0.15, 0.2) is 0 Å². The van der Waals surface area contributed by atoms with Crippen molar-refractivity contribution in [2.24, 2.45) is 7.05 Å². The van der Waals surface area contributed by atoms with Crippen molar-refractivity contribution in [3.05, 3.63) is 59.4 Å². The number of carboxylic acid groups (broad SMARTS) is 1. The summed E-state index contributed by atoms with van der Waals surface area (Å²) in [4.78, 5) is 30.9. The Bertz CT molecular complexity index is 1160. The molecule has 1 aliphatic heterocycles. The van der Waals surface area contributed by atoms with Crippen LogP contribution in [0.15, 0.2) is 36.9 Å². The molecule has 0 radical (unpaired) electrons. The van der Waals surface area contributed by atoms with Gasteiger partial charge >= 0.3 is 0 Å². The van der Waals surface area contributed by atoms with Gasteiger partial charge in [0.25, 0.3) is 12.4 Å². The summed E-state index contributed by atoms with van der Waals surface area (Å²) in [5.41, 5.74) is 5.00. The molecule has 3 N–H and O–H groups in total. The second-order valence-corrected chi connectivity index (χ2v) is 6.58. The van der Waals surface area contributed by atoms with Crippen LogP contribution in [0.3, 0.4) is 0 Å². The van der Waals surface area contributed by atoms with Gasteiger partial charge in [-0.05, 0) is 18.2 Å². The molecule has 5 rings (SSSR count). The van der Waals surface area contributed by atoms with E-state index < -0.39 is 0 Å². The highest BCUT2D eigenvalue weighted by molar-refractivity contribution is 5.97. The second-order valence-electron chi connectivity index (χ2n) is 6.58. The van der Waals surface area contributed by atoms with Gasteiger partial charge in [0.05, 0.1) is 30.5 Å². The van der Waals surface area contributed by atoms with E-state index in [9.17, 15) is 4.79 Å². The maximum Gasteiger partial charge on any atom is 0.290 e. The maximum atomic E-state index is 13.1. The molecule has 0 saturated heterocycles. The van der Waals surface area contributed by atoms with Crippen LogP contribution in [0.25, 0.3) is 11.0 Å². The summed E-state index contributed by atoms with van der Waals surface area (Å²) in [6, 6.07) is 5.35. The molecular formula is C18H18N8O3. The van der Waals surface area contributed by atoms with Crippen molar-refractivity contribution < 1.29 is 14.7 Å². The van der Waals surface area contributed by atoms with Crippen molar-refractivity contribution in [1.82, 2.24) is 40.1 Å². The third-order valence-corrected chi connectivity index (χ3v) is 4.81. The molecule has 0 fully saturated rings. The zero-order valence-electron chi connectivity index (χ0n) is 15.5. The summed E-state index contributed by atoms with van der Waals surface area (Å²) < 4.78 is 1.76. The molecule has 29 heavy (non-hydrogen) atoms. The zero-order valence-corrected chi connectivity index (χ0v) is 15.5. The van der Waals surface area contributed by atoms with E-state index in [1.807, 2.05) is 24.3 Å². The lowest BCUT2D eigenvalue weighted by Gasteiger charge is -2.31. The monoisotopic (exact) mass is 394 g/mol. The second kappa shape index (κ2) is 7.54. The number of carbonyl (C=O) groups excluding carboxylic acids is 1. The Morgan fingerprint density at radius 2 is 2.10 bits per heavy atom. The van der Waals surface area contributed by atoms with Crippen LogP contribution in [0, 0.1) is 0 Å². The minimum atomic E-state index is -0.250. The van der Waals surface area contributed by atoms with Crippen molar-refractivity contribution in [3.63, 3.8) is 0 Å². The van der Waals surface area contributed by atoms with Crippen molar-refractivity contribution in [2.45, 2.75) is 12.5 Å². The molecule has 148 valence electrons. The van der Waals surface area contributed by atoms with Crippen LogP contribution in [0.2, 0.25) is 0 Å². The van der Waals surface area contributed by atoms with Crippen LogP contribution >= 0.6 is 0 Å². The third kappa shape index (κ3) is 3.45. The van der Waals surface area contributed by atoms with E-state index in [-0.39, 0.29) is 18.3 Å². The first kappa shape index (κ1) is 18.3. The number of rotatable bonds is 2. The number of carbonyl (C=O) groups is 2. The summed E-state index contributed by atoms with van der Waals surface area (Å²) in [7, 11) is 1.88. The molecule has 1 amide bonds. The molecule has 1 aliphatic rings. The topological polar surface area (TPSA) is 146 Å². The van der Waals surface area contributed by atoms with Crippen LogP contribution in [0.5, 0.6) is 0 Å². The molecule has 4 aromatic rings. The molecular weight excluding hydrogens is 376 g/mol. The molecule has 0 bridgehead atoms. The Morgan fingerprint density at radius 1 is 1.31 bits per heavy atom. The smallest absolute Gasteiger partial charge is 0.290 e. The van der Waals surface area contributed by atoms with Gasteiger partial charge in [0.2, 0.25) is 0 Å². The zero-order chi connectivity index (χ0) is 20.4. The van der Waals surface area contributed by atoms with Crippen molar-refractivity contribution in [2.75, 3.05) is 6.54 Å². The highest BCUT2D eigenvalue weighted by atomic mass is 16.3. The largest absolute Gasteiger partial charge is 0.483 e. The summed E-state index contributed by atoms with van der Waals surface area (Å²) in [5.74, 6) is -0.0394. The van der Waals surface area contributed by atoms with Crippen molar-refractivity contribution >= 4 is 23.4 Å². The third-order valence-electron chi connectivity index (χ3n) is 4.81. The predicted octanol–water partition coefficient (Wildman–Crippen LogP) is 0.903. The van der Waals surface area contributed by atoms with E-state index in [2.05, 4.69) is 30.5 Å². The van der Waals surface area contributed by atoms with E-state index in [1.54, 1.807) is 29.2 Å². The number of benzene rings is 1. The SMILES string of the molecule is Cn1cc(C2CN(C(=O)c3ccc4n[nH]nc4c3)Cc3[nH]cnc32)cn1.O=CO. The Hall–Kier alpha value is -4.02. The van der Waals surface area contributed by atoms with E-state index >= 15 is 0 Å². The van der Waals surface area contributed by atoms with Crippen LogP contribution in [-0.2, 0) is 18.4 Å². The maximum absolute atomic E-state index is 13.1. The van der Waals surface area contributed by atoms with Crippen LogP contribution in [0.4, 0.5) is 0 Å². The van der Waals surface area contributed by atoms with Crippen LogP contribution < -0.4 is 0 Å². The molecule has 11 heteroatoms. The summed E-state index contributed by atoms with van der Waals surface area (Å²) in [6.07, 6.45) is 5.49. The number of nitrogens with one attached hydrogen (secondary N) is 2. The molecule has 0 aliphatic carbocycles. The fourth-order valence-corrected chi connectivity index (χ4v) is 3.51. The molecule has 0 spiro atoms. The van der Waals surface area contributed by atoms with Gasteiger partial charge in [-0.2, -0.15) is 20.5 Å². The predicted molar refractivity (Wildman–Crippen MR) is 101 cm³/mol. The minimum absolute atomic E-state index is 0.00145. The molecule has 4 heterocycles. The Morgan fingerprint density at radius 3 is 2.86 bits per heavy atom. The number of hydrogen-bond donors (Lipinski definition) is 3. The minimum Gasteiger partial charge on any atom is -0.483 e.